The summed E-state index contributed by atoms with van der Waals surface area (Å²) in [5, 5.41) is 14.4. The molecule has 1 fully saturated rings. The number of methoxy groups -OCH3 is 1. The van der Waals surface area contributed by atoms with Crippen molar-refractivity contribution in [1.82, 2.24) is 4.90 Å². The van der Waals surface area contributed by atoms with Crippen LogP contribution in [0.5, 0.6) is 5.75 Å². The summed E-state index contributed by atoms with van der Waals surface area (Å²) in [7, 11) is 1.51. The summed E-state index contributed by atoms with van der Waals surface area (Å²) in [6.45, 7) is 1.78. The van der Waals surface area contributed by atoms with Crippen LogP contribution >= 0.6 is 11.6 Å². The van der Waals surface area contributed by atoms with Gasteiger partial charge in [-0.15, -0.1) is 0 Å². The molecule has 1 heterocycles. The number of nitrogens with zero attached hydrogens (tertiary/aromatic N) is 1. The number of carbonyl (C=O) groups is 2. The van der Waals surface area contributed by atoms with Crippen LogP contribution < -0.4 is 15.4 Å². The maximum absolute atomic E-state index is 12.9. The number of nitrogens with one attached hydrogen (secondary N) is 3. The minimum Gasteiger partial charge on any atom is -0.497 e. The van der Waals surface area contributed by atoms with E-state index in [9.17, 15) is 9.59 Å². The van der Waals surface area contributed by atoms with Crippen molar-refractivity contribution < 1.29 is 14.3 Å². The first-order valence-corrected chi connectivity index (χ1v) is 10.8. The lowest BCUT2D eigenvalue weighted by atomic mass is 10.1. The standard InChI is InChI=1S/C25H23ClN4O3/c1-33-20-11-12-22(21(15-20)25(32)28-19-9-7-18(26)8-10-19)29-24(31)17-5-3-16(4-6-17)23(27)30-13-2-14-30/h3-12,15,27H,2,13-14H2,1H3,(H,28,32)(H,29,31). The molecule has 3 N–H and O–H groups in total. The van der Waals surface area contributed by atoms with E-state index in [-0.39, 0.29) is 11.5 Å². The normalized spacial score (nSPS) is 12.5. The van der Waals surface area contributed by atoms with E-state index in [2.05, 4.69) is 10.6 Å². The largest absolute Gasteiger partial charge is 0.497 e. The lowest BCUT2D eigenvalue weighted by Crippen LogP contribution is -2.42. The van der Waals surface area contributed by atoms with Crippen molar-refractivity contribution >= 4 is 40.6 Å². The SMILES string of the molecule is COc1ccc(NC(=O)c2ccc(C(=N)N3CCC3)cc2)c(C(=O)Nc2ccc(Cl)cc2)c1. The summed E-state index contributed by atoms with van der Waals surface area (Å²) in [6.07, 6.45) is 1.10. The van der Waals surface area contributed by atoms with Gasteiger partial charge in [-0.25, -0.2) is 0 Å². The van der Waals surface area contributed by atoms with Crippen LogP contribution in [-0.2, 0) is 0 Å². The minimum atomic E-state index is -0.398. The lowest BCUT2D eigenvalue weighted by molar-refractivity contribution is 0.102. The van der Waals surface area contributed by atoms with Gasteiger partial charge in [0, 0.05) is 34.9 Å². The van der Waals surface area contributed by atoms with Crippen LogP contribution in [0, 0.1) is 5.41 Å². The van der Waals surface area contributed by atoms with E-state index in [1.54, 1.807) is 66.7 Å². The van der Waals surface area contributed by atoms with Gasteiger partial charge in [-0.2, -0.15) is 0 Å². The third-order valence-electron chi connectivity index (χ3n) is 5.41. The number of amides is 2. The molecule has 0 atom stereocenters. The molecule has 1 aliphatic heterocycles. The average Bonchev–Trinajstić information content (AvgIpc) is 2.79. The quantitative estimate of drug-likeness (QED) is 0.359. The molecule has 0 saturated carbocycles. The fourth-order valence-electron chi connectivity index (χ4n) is 3.38. The van der Waals surface area contributed by atoms with Gasteiger partial charge in [-0.1, -0.05) is 23.7 Å². The third-order valence-corrected chi connectivity index (χ3v) is 5.67. The lowest BCUT2D eigenvalue weighted by Gasteiger charge is -2.33. The molecule has 168 valence electrons. The highest BCUT2D eigenvalue weighted by Crippen LogP contribution is 2.25. The molecule has 4 rings (SSSR count). The van der Waals surface area contributed by atoms with Crippen LogP contribution in [0.25, 0.3) is 0 Å². The molecule has 33 heavy (non-hydrogen) atoms. The van der Waals surface area contributed by atoms with Gasteiger partial charge < -0.3 is 20.3 Å². The first kappa shape index (κ1) is 22.4. The zero-order valence-corrected chi connectivity index (χ0v) is 18.8. The van der Waals surface area contributed by atoms with Crippen molar-refractivity contribution in [2.45, 2.75) is 6.42 Å². The first-order valence-electron chi connectivity index (χ1n) is 10.4. The Bertz CT molecular complexity index is 1190. The molecule has 0 aromatic heterocycles. The Morgan fingerprint density at radius 3 is 2.18 bits per heavy atom. The minimum absolute atomic E-state index is 0.258. The van der Waals surface area contributed by atoms with Crippen molar-refractivity contribution in [3.8, 4) is 5.75 Å². The summed E-state index contributed by atoms with van der Waals surface area (Å²) in [6, 6.07) is 18.5. The molecular formula is C25H23ClN4O3. The Kier molecular flexibility index (Phi) is 6.60. The van der Waals surface area contributed by atoms with E-state index in [4.69, 9.17) is 21.7 Å². The zero-order valence-electron chi connectivity index (χ0n) is 18.0. The molecule has 3 aromatic carbocycles. The molecule has 3 aromatic rings. The van der Waals surface area contributed by atoms with Crippen LogP contribution in [0.4, 0.5) is 11.4 Å². The molecule has 2 amide bonds. The predicted octanol–water partition coefficient (Wildman–Crippen LogP) is 4.88. The van der Waals surface area contributed by atoms with Gasteiger partial charge in [0.2, 0.25) is 0 Å². The molecule has 7 nitrogen and oxygen atoms in total. The van der Waals surface area contributed by atoms with Gasteiger partial charge in [0.1, 0.15) is 11.6 Å². The number of anilines is 2. The van der Waals surface area contributed by atoms with E-state index >= 15 is 0 Å². The first-order chi connectivity index (χ1) is 15.9. The Hall–Kier alpha value is -3.84. The number of likely N-dealkylation sites (tertiary alicyclic amines) is 1. The van der Waals surface area contributed by atoms with Gasteiger partial charge in [0.05, 0.1) is 18.4 Å². The van der Waals surface area contributed by atoms with E-state index in [1.165, 1.54) is 7.11 Å². The monoisotopic (exact) mass is 462 g/mol. The molecule has 0 radical (unpaired) electrons. The Balaban J connectivity index is 1.52. The Morgan fingerprint density at radius 2 is 1.58 bits per heavy atom. The maximum Gasteiger partial charge on any atom is 0.257 e. The van der Waals surface area contributed by atoms with Crippen LogP contribution in [0.15, 0.2) is 66.7 Å². The summed E-state index contributed by atoms with van der Waals surface area (Å²) >= 11 is 5.91. The molecule has 0 spiro atoms. The topological polar surface area (TPSA) is 94.5 Å². The van der Waals surface area contributed by atoms with Crippen LogP contribution in [0.3, 0.4) is 0 Å². The zero-order chi connectivity index (χ0) is 23.4. The smallest absolute Gasteiger partial charge is 0.257 e. The highest BCUT2D eigenvalue weighted by molar-refractivity contribution is 6.30. The Morgan fingerprint density at radius 1 is 0.909 bits per heavy atom. The second-order valence-electron chi connectivity index (χ2n) is 7.59. The summed E-state index contributed by atoms with van der Waals surface area (Å²) in [5.41, 5.74) is 2.37. The molecule has 1 aliphatic rings. The van der Waals surface area contributed by atoms with Crippen LogP contribution in [0.1, 0.15) is 32.7 Å². The second kappa shape index (κ2) is 9.75. The van der Waals surface area contributed by atoms with E-state index in [1.807, 2.05) is 4.90 Å². The fourth-order valence-corrected chi connectivity index (χ4v) is 3.50. The molecule has 0 unspecified atom stereocenters. The predicted molar refractivity (Wildman–Crippen MR) is 130 cm³/mol. The van der Waals surface area contributed by atoms with Gasteiger partial charge >= 0.3 is 0 Å². The highest BCUT2D eigenvalue weighted by atomic mass is 35.5. The summed E-state index contributed by atoms with van der Waals surface area (Å²) < 4.78 is 5.25. The van der Waals surface area contributed by atoms with Crippen molar-refractivity contribution in [3.63, 3.8) is 0 Å². The number of hydrogen-bond donors (Lipinski definition) is 3. The number of halogens is 1. The van der Waals surface area contributed by atoms with Gasteiger partial charge in [-0.3, -0.25) is 15.0 Å². The average molecular weight is 463 g/mol. The van der Waals surface area contributed by atoms with Crippen molar-refractivity contribution in [2.24, 2.45) is 0 Å². The molecular weight excluding hydrogens is 440 g/mol. The van der Waals surface area contributed by atoms with E-state index < -0.39 is 5.91 Å². The summed E-state index contributed by atoms with van der Waals surface area (Å²) in [5.74, 6) is 0.195. The van der Waals surface area contributed by atoms with Gasteiger partial charge in [-0.05, 0) is 61.0 Å². The maximum atomic E-state index is 12.9. The molecule has 8 heteroatoms. The van der Waals surface area contributed by atoms with E-state index in [0.29, 0.717) is 33.5 Å². The number of rotatable bonds is 6. The molecule has 0 aliphatic carbocycles. The number of ether oxygens (including phenoxy) is 1. The molecule has 0 bridgehead atoms. The number of amidine groups is 1. The van der Waals surface area contributed by atoms with Crippen molar-refractivity contribution in [3.05, 3.63) is 88.4 Å². The number of carbonyl (C=O) groups excluding carboxylic acids is 2. The molecule has 1 saturated heterocycles. The van der Waals surface area contributed by atoms with Crippen LogP contribution in [-0.4, -0.2) is 42.7 Å². The Labute approximate surface area is 196 Å². The number of hydrogen-bond acceptors (Lipinski definition) is 4. The van der Waals surface area contributed by atoms with Crippen molar-refractivity contribution in [1.29, 1.82) is 5.41 Å². The van der Waals surface area contributed by atoms with E-state index in [0.717, 1.165) is 25.1 Å². The fraction of sp³-hybridized carbons (Fsp3) is 0.160. The van der Waals surface area contributed by atoms with Gasteiger partial charge in [0.15, 0.2) is 0 Å². The number of benzene rings is 3. The third kappa shape index (κ3) is 5.15. The summed E-state index contributed by atoms with van der Waals surface area (Å²) in [4.78, 5) is 27.8. The second-order valence-corrected chi connectivity index (χ2v) is 8.03. The van der Waals surface area contributed by atoms with Crippen molar-refractivity contribution in [2.75, 3.05) is 30.8 Å². The van der Waals surface area contributed by atoms with Crippen LogP contribution in [0.2, 0.25) is 5.02 Å². The van der Waals surface area contributed by atoms with Gasteiger partial charge in [0.25, 0.3) is 11.8 Å². The highest BCUT2D eigenvalue weighted by Gasteiger charge is 2.19.